The summed E-state index contributed by atoms with van der Waals surface area (Å²) in [6.45, 7) is 3.12. The van der Waals surface area contributed by atoms with Crippen LogP contribution in [0.2, 0.25) is 0 Å². The molecule has 2 saturated heterocycles. The van der Waals surface area contributed by atoms with Crippen LogP contribution in [0.3, 0.4) is 0 Å². The highest BCUT2D eigenvalue weighted by molar-refractivity contribution is 5.99. The van der Waals surface area contributed by atoms with Crippen molar-refractivity contribution in [1.29, 1.82) is 0 Å². The number of rotatable bonds is 4. The number of hydrogen-bond acceptors (Lipinski definition) is 3. The van der Waals surface area contributed by atoms with Gasteiger partial charge in [0.25, 0.3) is 11.8 Å². The molecule has 4 rings (SSSR count). The van der Waals surface area contributed by atoms with Crippen LogP contribution < -0.4 is 0 Å². The minimum absolute atomic E-state index is 0.00609. The lowest BCUT2D eigenvalue weighted by Crippen LogP contribution is -2.39. The number of pyridine rings is 1. The first-order valence-electron chi connectivity index (χ1n) is 10.8. The molecule has 2 fully saturated rings. The Bertz CT molecular complexity index is 838. The third-order valence-electron chi connectivity index (χ3n) is 6.14. The summed E-state index contributed by atoms with van der Waals surface area (Å²) in [5, 5.41) is 0. The Kier molecular flexibility index (Phi) is 6.23. The second kappa shape index (κ2) is 9.21. The summed E-state index contributed by atoms with van der Waals surface area (Å²) in [6.07, 6.45) is 9.56. The molecule has 0 bridgehead atoms. The lowest BCUT2D eigenvalue weighted by Gasteiger charge is -2.32. The third-order valence-corrected chi connectivity index (χ3v) is 6.14. The molecular weight excluding hydrogens is 362 g/mol. The van der Waals surface area contributed by atoms with E-state index in [1.807, 2.05) is 15.9 Å². The maximum Gasteiger partial charge on any atom is 0.255 e. The molecule has 0 unspecified atom stereocenters. The molecular formula is C24H29N3O2. The highest BCUT2D eigenvalue weighted by Crippen LogP contribution is 2.23. The van der Waals surface area contributed by atoms with Crippen LogP contribution in [0.5, 0.6) is 0 Å². The molecule has 0 atom stereocenters. The van der Waals surface area contributed by atoms with Gasteiger partial charge in [-0.25, -0.2) is 0 Å². The van der Waals surface area contributed by atoms with Crippen molar-refractivity contribution in [3.63, 3.8) is 0 Å². The fourth-order valence-electron chi connectivity index (χ4n) is 4.42. The molecule has 0 spiro atoms. The van der Waals surface area contributed by atoms with E-state index in [2.05, 4.69) is 29.2 Å². The van der Waals surface area contributed by atoms with Gasteiger partial charge < -0.3 is 9.80 Å². The lowest BCUT2D eigenvalue weighted by atomic mass is 9.90. The van der Waals surface area contributed by atoms with Crippen LogP contribution in [0.25, 0.3) is 0 Å². The van der Waals surface area contributed by atoms with Crippen LogP contribution in [-0.2, 0) is 6.42 Å². The van der Waals surface area contributed by atoms with E-state index in [4.69, 9.17) is 0 Å². The van der Waals surface area contributed by atoms with Gasteiger partial charge in [-0.1, -0.05) is 30.3 Å². The topological polar surface area (TPSA) is 53.5 Å². The molecule has 0 saturated carbocycles. The number of carbonyl (C=O) groups excluding carboxylic acids is 2. The summed E-state index contributed by atoms with van der Waals surface area (Å²) < 4.78 is 0. The molecule has 29 heavy (non-hydrogen) atoms. The largest absolute Gasteiger partial charge is 0.339 e. The zero-order valence-electron chi connectivity index (χ0n) is 16.9. The molecule has 3 heterocycles. The Balaban J connectivity index is 1.35. The maximum atomic E-state index is 13.0. The Morgan fingerprint density at radius 3 is 2.03 bits per heavy atom. The number of benzene rings is 1. The standard InChI is InChI=1S/C24H29N3O2/c28-23(26-11-5-2-6-12-26)21-16-22(18-25-17-21)24(29)27-13-9-20(10-14-27)15-19-7-3-1-4-8-19/h1,3-4,7-8,16-18,20H,2,5-6,9-15H2. The van der Waals surface area contributed by atoms with E-state index >= 15 is 0 Å². The Labute approximate surface area is 172 Å². The van der Waals surface area contributed by atoms with E-state index in [9.17, 15) is 9.59 Å². The van der Waals surface area contributed by atoms with Crippen molar-refractivity contribution in [3.05, 3.63) is 65.5 Å². The number of nitrogens with zero attached hydrogens (tertiary/aromatic N) is 3. The van der Waals surface area contributed by atoms with Crippen molar-refractivity contribution in [3.8, 4) is 0 Å². The molecule has 0 aliphatic carbocycles. The highest BCUT2D eigenvalue weighted by atomic mass is 16.2. The number of likely N-dealkylation sites (tertiary alicyclic amines) is 2. The molecule has 2 aromatic rings. The molecule has 5 heteroatoms. The van der Waals surface area contributed by atoms with Gasteiger partial charge in [0.2, 0.25) is 0 Å². The molecule has 2 amide bonds. The zero-order chi connectivity index (χ0) is 20.1. The van der Waals surface area contributed by atoms with E-state index in [0.29, 0.717) is 17.0 Å². The minimum Gasteiger partial charge on any atom is -0.339 e. The SMILES string of the molecule is O=C(c1cncc(C(=O)N2CCC(Cc3ccccc3)CC2)c1)N1CCCCC1. The van der Waals surface area contributed by atoms with Crippen molar-refractivity contribution >= 4 is 11.8 Å². The molecule has 1 aromatic heterocycles. The van der Waals surface area contributed by atoms with Gasteiger partial charge in [-0.2, -0.15) is 0 Å². The summed E-state index contributed by atoms with van der Waals surface area (Å²) in [5.41, 5.74) is 2.41. The second-order valence-electron chi connectivity index (χ2n) is 8.24. The molecule has 0 N–H and O–H groups in total. The van der Waals surface area contributed by atoms with Gasteiger partial charge in [-0.3, -0.25) is 14.6 Å². The number of carbonyl (C=O) groups is 2. The first-order valence-corrected chi connectivity index (χ1v) is 10.8. The van der Waals surface area contributed by atoms with Gasteiger partial charge in [-0.15, -0.1) is 0 Å². The zero-order valence-corrected chi connectivity index (χ0v) is 16.9. The van der Waals surface area contributed by atoms with E-state index in [0.717, 1.165) is 58.3 Å². The fraction of sp³-hybridized carbons (Fsp3) is 0.458. The van der Waals surface area contributed by atoms with Crippen molar-refractivity contribution in [2.24, 2.45) is 5.92 Å². The van der Waals surface area contributed by atoms with E-state index in [1.165, 1.54) is 12.0 Å². The average Bonchev–Trinajstić information content (AvgIpc) is 2.80. The van der Waals surface area contributed by atoms with Crippen LogP contribution >= 0.6 is 0 Å². The van der Waals surface area contributed by atoms with Gasteiger partial charge >= 0.3 is 0 Å². The van der Waals surface area contributed by atoms with Crippen LogP contribution in [0, 0.1) is 5.92 Å². The van der Waals surface area contributed by atoms with Crippen molar-refractivity contribution in [1.82, 2.24) is 14.8 Å². The van der Waals surface area contributed by atoms with Crippen LogP contribution in [0.4, 0.5) is 0 Å². The summed E-state index contributed by atoms with van der Waals surface area (Å²) in [5.74, 6) is 0.601. The number of piperidine rings is 2. The molecule has 1 aromatic carbocycles. The summed E-state index contributed by atoms with van der Waals surface area (Å²) in [6, 6.07) is 12.3. The van der Waals surface area contributed by atoms with Crippen molar-refractivity contribution in [2.45, 2.75) is 38.5 Å². The number of aromatic nitrogens is 1. The Morgan fingerprint density at radius 1 is 0.828 bits per heavy atom. The van der Waals surface area contributed by atoms with E-state index in [1.54, 1.807) is 18.5 Å². The quantitative estimate of drug-likeness (QED) is 0.797. The molecule has 5 nitrogen and oxygen atoms in total. The summed E-state index contributed by atoms with van der Waals surface area (Å²) >= 11 is 0. The fourth-order valence-corrected chi connectivity index (χ4v) is 4.42. The Morgan fingerprint density at radius 2 is 1.41 bits per heavy atom. The first kappa shape index (κ1) is 19.6. The van der Waals surface area contributed by atoms with Gasteiger partial charge in [-0.05, 0) is 56.1 Å². The monoisotopic (exact) mass is 391 g/mol. The number of amides is 2. The number of hydrogen-bond donors (Lipinski definition) is 0. The normalized spacial score (nSPS) is 17.9. The maximum absolute atomic E-state index is 13.0. The van der Waals surface area contributed by atoms with Crippen molar-refractivity contribution in [2.75, 3.05) is 26.2 Å². The smallest absolute Gasteiger partial charge is 0.255 e. The predicted molar refractivity (Wildman–Crippen MR) is 113 cm³/mol. The van der Waals surface area contributed by atoms with Crippen LogP contribution in [0.15, 0.2) is 48.8 Å². The molecule has 0 radical (unpaired) electrons. The van der Waals surface area contributed by atoms with Crippen LogP contribution in [0.1, 0.15) is 58.4 Å². The van der Waals surface area contributed by atoms with Gasteiger partial charge in [0.05, 0.1) is 11.1 Å². The van der Waals surface area contributed by atoms with Gasteiger partial charge in [0.1, 0.15) is 0 Å². The van der Waals surface area contributed by atoms with Gasteiger partial charge in [0.15, 0.2) is 0 Å². The second-order valence-corrected chi connectivity index (χ2v) is 8.24. The average molecular weight is 392 g/mol. The molecule has 152 valence electrons. The minimum atomic E-state index is -0.0102. The summed E-state index contributed by atoms with van der Waals surface area (Å²) in [4.78, 5) is 33.7. The first-order chi connectivity index (χ1) is 14.2. The molecule has 2 aliphatic heterocycles. The molecule has 2 aliphatic rings. The van der Waals surface area contributed by atoms with Crippen molar-refractivity contribution < 1.29 is 9.59 Å². The predicted octanol–water partition coefficient (Wildman–Crippen LogP) is 3.80. The van der Waals surface area contributed by atoms with E-state index in [-0.39, 0.29) is 11.8 Å². The van der Waals surface area contributed by atoms with Gasteiger partial charge in [0, 0.05) is 38.6 Å². The highest BCUT2D eigenvalue weighted by Gasteiger charge is 2.25. The summed E-state index contributed by atoms with van der Waals surface area (Å²) in [7, 11) is 0. The van der Waals surface area contributed by atoms with E-state index < -0.39 is 0 Å². The third kappa shape index (κ3) is 4.84. The lowest BCUT2D eigenvalue weighted by molar-refractivity contribution is 0.0690. The van der Waals surface area contributed by atoms with Crippen LogP contribution in [-0.4, -0.2) is 52.8 Å². The Hall–Kier alpha value is -2.69.